The lowest BCUT2D eigenvalue weighted by Crippen LogP contribution is -2.33. The highest BCUT2D eigenvalue weighted by atomic mass is 16.3. The minimum Gasteiger partial charge on any atom is -0.396 e. The van der Waals surface area contributed by atoms with Crippen molar-refractivity contribution in [1.82, 2.24) is 4.90 Å². The molecule has 0 aliphatic rings. The summed E-state index contributed by atoms with van der Waals surface area (Å²) in [4.78, 5) is 2.34. The van der Waals surface area contributed by atoms with Crippen molar-refractivity contribution in [3.8, 4) is 0 Å². The van der Waals surface area contributed by atoms with Crippen molar-refractivity contribution in [2.24, 2.45) is 5.41 Å². The molecule has 0 saturated carbocycles. The molecular weight excluding hydrogens is 210 g/mol. The molecule has 0 radical (unpaired) electrons. The van der Waals surface area contributed by atoms with E-state index in [4.69, 9.17) is 0 Å². The minimum atomic E-state index is 0.230. The second-order valence-corrected chi connectivity index (χ2v) is 5.91. The fourth-order valence-corrected chi connectivity index (χ4v) is 2.30. The van der Waals surface area contributed by atoms with Crippen LogP contribution in [0.3, 0.4) is 0 Å². The largest absolute Gasteiger partial charge is 0.396 e. The number of nitrogens with zero attached hydrogens (tertiary/aromatic N) is 1. The van der Waals surface area contributed by atoms with Crippen LogP contribution in [0.25, 0.3) is 0 Å². The summed E-state index contributed by atoms with van der Waals surface area (Å²) in [6.45, 7) is 7.97. The van der Waals surface area contributed by atoms with Crippen molar-refractivity contribution in [3.63, 3.8) is 0 Å². The highest BCUT2D eigenvalue weighted by molar-refractivity contribution is 5.19. The van der Waals surface area contributed by atoms with E-state index in [2.05, 4.69) is 57.0 Å². The molecule has 96 valence electrons. The molecule has 1 atom stereocenters. The average Bonchev–Trinajstić information content (AvgIpc) is 2.24. The van der Waals surface area contributed by atoms with Crippen LogP contribution in [0.2, 0.25) is 0 Å². The van der Waals surface area contributed by atoms with Crippen LogP contribution in [-0.2, 0) is 0 Å². The summed E-state index contributed by atoms with van der Waals surface area (Å²) in [5.74, 6) is 0. The van der Waals surface area contributed by atoms with Gasteiger partial charge in [-0.05, 0) is 24.4 Å². The molecule has 0 aliphatic heterocycles. The summed E-state index contributed by atoms with van der Waals surface area (Å²) in [6.07, 6.45) is 0.788. The van der Waals surface area contributed by atoms with Gasteiger partial charge in [0.15, 0.2) is 0 Å². The van der Waals surface area contributed by atoms with E-state index in [1.807, 2.05) is 6.07 Å². The monoisotopic (exact) mass is 235 g/mol. The van der Waals surface area contributed by atoms with Crippen LogP contribution >= 0.6 is 0 Å². The van der Waals surface area contributed by atoms with Crippen molar-refractivity contribution >= 4 is 0 Å². The molecule has 17 heavy (non-hydrogen) atoms. The SMILES string of the molecule is CN(CC(C)(C)C)C(CCO)c1ccccc1. The van der Waals surface area contributed by atoms with Gasteiger partial charge in [-0.25, -0.2) is 0 Å². The summed E-state index contributed by atoms with van der Waals surface area (Å²) >= 11 is 0. The molecule has 1 N–H and O–H groups in total. The Bertz CT molecular complexity index is 315. The molecule has 1 rings (SSSR count). The van der Waals surface area contributed by atoms with E-state index in [1.54, 1.807) is 0 Å². The molecule has 0 bridgehead atoms. The summed E-state index contributed by atoms with van der Waals surface area (Å²) in [5.41, 5.74) is 1.56. The zero-order chi connectivity index (χ0) is 12.9. The molecule has 0 aromatic heterocycles. The van der Waals surface area contributed by atoms with E-state index < -0.39 is 0 Å². The van der Waals surface area contributed by atoms with Gasteiger partial charge in [0.05, 0.1) is 0 Å². The van der Waals surface area contributed by atoms with Crippen LogP contribution in [-0.4, -0.2) is 30.2 Å². The molecule has 0 spiro atoms. The van der Waals surface area contributed by atoms with Crippen LogP contribution in [0.15, 0.2) is 30.3 Å². The van der Waals surface area contributed by atoms with Crippen LogP contribution in [0.4, 0.5) is 0 Å². The first-order valence-corrected chi connectivity index (χ1v) is 6.30. The topological polar surface area (TPSA) is 23.5 Å². The normalized spacial score (nSPS) is 14.0. The zero-order valence-electron chi connectivity index (χ0n) is 11.5. The third kappa shape index (κ3) is 4.88. The number of hydrogen-bond donors (Lipinski definition) is 1. The van der Waals surface area contributed by atoms with Crippen LogP contribution in [0, 0.1) is 5.41 Å². The van der Waals surface area contributed by atoms with E-state index in [0.717, 1.165) is 13.0 Å². The van der Waals surface area contributed by atoms with E-state index in [-0.39, 0.29) is 12.0 Å². The van der Waals surface area contributed by atoms with E-state index >= 15 is 0 Å². The van der Waals surface area contributed by atoms with E-state index in [9.17, 15) is 5.11 Å². The Morgan fingerprint density at radius 1 is 1.18 bits per heavy atom. The Morgan fingerprint density at radius 2 is 1.76 bits per heavy atom. The molecule has 0 heterocycles. The van der Waals surface area contributed by atoms with Crippen molar-refractivity contribution in [1.29, 1.82) is 0 Å². The lowest BCUT2D eigenvalue weighted by Gasteiger charge is -2.33. The number of aliphatic hydroxyl groups is 1. The maximum absolute atomic E-state index is 9.22. The van der Waals surface area contributed by atoms with Gasteiger partial charge in [0, 0.05) is 19.2 Å². The first-order valence-electron chi connectivity index (χ1n) is 6.30. The molecule has 0 fully saturated rings. The Balaban J connectivity index is 2.79. The zero-order valence-corrected chi connectivity index (χ0v) is 11.5. The molecule has 0 aliphatic carbocycles. The standard InChI is InChI=1S/C15H25NO/c1-15(2,3)12-16(4)14(10-11-17)13-8-6-5-7-9-13/h5-9,14,17H,10-12H2,1-4H3. The predicted molar refractivity (Wildman–Crippen MR) is 73.0 cm³/mol. The fourth-order valence-electron chi connectivity index (χ4n) is 2.30. The maximum Gasteiger partial charge on any atom is 0.0449 e. The third-order valence-corrected chi connectivity index (χ3v) is 2.84. The number of aliphatic hydroxyl groups excluding tert-OH is 1. The van der Waals surface area contributed by atoms with Crippen molar-refractivity contribution < 1.29 is 5.11 Å². The Hall–Kier alpha value is -0.860. The van der Waals surface area contributed by atoms with Crippen molar-refractivity contribution in [2.45, 2.75) is 33.2 Å². The van der Waals surface area contributed by atoms with Gasteiger partial charge < -0.3 is 5.11 Å². The van der Waals surface area contributed by atoms with Crippen LogP contribution in [0.5, 0.6) is 0 Å². The molecule has 0 amide bonds. The molecule has 1 aromatic rings. The van der Waals surface area contributed by atoms with Gasteiger partial charge in [0.25, 0.3) is 0 Å². The third-order valence-electron chi connectivity index (χ3n) is 2.84. The van der Waals surface area contributed by atoms with Gasteiger partial charge in [0.2, 0.25) is 0 Å². The van der Waals surface area contributed by atoms with Crippen molar-refractivity contribution in [3.05, 3.63) is 35.9 Å². The lowest BCUT2D eigenvalue weighted by molar-refractivity contribution is 0.143. The highest BCUT2D eigenvalue weighted by Crippen LogP contribution is 2.26. The summed E-state index contributed by atoms with van der Waals surface area (Å²) in [5, 5.41) is 9.22. The van der Waals surface area contributed by atoms with E-state index in [1.165, 1.54) is 5.56 Å². The lowest BCUT2D eigenvalue weighted by atomic mass is 9.94. The minimum absolute atomic E-state index is 0.230. The van der Waals surface area contributed by atoms with Gasteiger partial charge >= 0.3 is 0 Å². The quantitative estimate of drug-likeness (QED) is 0.847. The second-order valence-electron chi connectivity index (χ2n) is 5.91. The predicted octanol–water partition coefficient (Wildman–Crippen LogP) is 3.09. The van der Waals surface area contributed by atoms with Gasteiger partial charge in [-0.15, -0.1) is 0 Å². The van der Waals surface area contributed by atoms with Crippen LogP contribution in [0.1, 0.15) is 38.8 Å². The fraction of sp³-hybridized carbons (Fsp3) is 0.600. The Kier molecular flexibility index (Phi) is 5.16. The summed E-state index contributed by atoms with van der Waals surface area (Å²) < 4.78 is 0. The molecule has 1 unspecified atom stereocenters. The number of rotatable bonds is 5. The summed E-state index contributed by atoms with van der Waals surface area (Å²) in [6, 6.07) is 10.7. The number of benzene rings is 1. The molecule has 0 saturated heterocycles. The van der Waals surface area contributed by atoms with E-state index in [0.29, 0.717) is 6.04 Å². The Morgan fingerprint density at radius 3 is 2.24 bits per heavy atom. The molecular formula is C15H25NO. The van der Waals surface area contributed by atoms with Gasteiger partial charge in [0.1, 0.15) is 0 Å². The number of hydrogen-bond acceptors (Lipinski definition) is 2. The second kappa shape index (κ2) is 6.18. The van der Waals surface area contributed by atoms with Gasteiger partial charge in [-0.1, -0.05) is 51.1 Å². The van der Waals surface area contributed by atoms with Gasteiger partial charge in [-0.3, -0.25) is 4.90 Å². The van der Waals surface area contributed by atoms with Crippen molar-refractivity contribution in [2.75, 3.05) is 20.2 Å². The smallest absolute Gasteiger partial charge is 0.0449 e. The first kappa shape index (κ1) is 14.2. The van der Waals surface area contributed by atoms with Gasteiger partial charge in [-0.2, -0.15) is 0 Å². The highest BCUT2D eigenvalue weighted by Gasteiger charge is 2.21. The first-order chi connectivity index (χ1) is 7.94. The molecule has 2 nitrogen and oxygen atoms in total. The molecule has 2 heteroatoms. The summed E-state index contributed by atoms with van der Waals surface area (Å²) in [7, 11) is 2.14. The molecule has 1 aromatic carbocycles. The maximum atomic E-state index is 9.22. The van der Waals surface area contributed by atoms with Crippen LogP contribution < -0.4 is 0 Å². The Labute approximate surface area is 105 Å². The average molecular weight is 235 g/mol.